The van der Waals surface area contributed by atoms with Crippen LogP contribution in [0.2, 0.25) is 0 Å². The molecule has 0 spiro atoms. The van der Waals surface area contributed by atoms with Gasteiger partial charge < -0.3 is 15.4 Å². The smallest absolute Gasteiger partial charge is 0.307 e. The number of rotatable bonds is 7. The van der Waals surface area contributed by atoms with Crippen LogP contribution >= 0.6 is 0 Å². The van der Waals surface area contributed by atoms with Crippen LogP contribution in [0.4, 0.5) is 0 Å². The van der Waals surface area contributed by atoms with Gasteiger partial charge in [0.05, 0.1) is 12.5 Å². The van der Waals surface area contributed by atoms with E-state index in [1.54, 1.807) is 7.05 Å². The number of carbonyl (C=O) groups is 1. The van der Waals surface area contributed by atoms with Crippen molar-refractivity contribution >= 4 is 11.9 Å². The maximum absolute atomic E-state index is 11.5. The number of aliphatic imine (C=N–C) groups is 1. The van der Waals surface area contributed by atoms with Crippen LogP contribution in [0, 0.1) is 13.8 Å². The molecule has 0 unspecified atom stereocenters. The number of carbonyl (C=O) groups excluding carboxylic acids is 1. The topological polar surface area (TPSA) is 62.7 Å². The number of benzene rings is 1. The van der Waals surface area contributed by atoms with E-state index in [4.69, 9.17) is 4.74 Å². The average Bonchev–Trinajstić information content (AvgIpc) is 2.43. The van der Waals surface area contributed by atoms with Crippen molar-refractivity contribution in [2.75, 3.05) is 20.1 Å². The Kier molecular flexibility index (Phi) is 8.16. The van der Waals surface area contributed by atoms with Crippen molar-refractivity contribution in [2.24, 2.45) is 4.99 Å². The van der Waals surface area contributed by atoms with Crippen LogP contribution in [-0.2, 0) is 16.0 Å². The highest BCUT2D eigenvalue weighted by Gasteiger charge is 2.05. The molecule has 5 heteroatoms. The highest BCUT2D eigenvalue weighted by Crippen LogP contribution is 2.08. The summed E-state index contributed by atoms with van der Waals surface area (Å²) in [5.41, 5.74) is 3.88. The molecule has 2 N–H and O–H groups in total. The Hall–Kier alpha value is -2.04. The molecule has 0 heterocycles. The minimum atomic E-state index is -0.196. The Morgan fingerprint density at radius 1 is 1.13 bits per heavy atom. The Bertz CT molecular complexity index is 519. The van der Waals surface area contributed by atoms with E-state index in [1.165, 1.54) is 16.7 Å². The number of aryl methyl sites for hydroxylation is 2. The third-order valence-electron chi connectivity index (χ3n) is 3.20. The van der Waals surface area contributed by atoms with Crippen LogP contribution in [0.25, 0.3) is 0 Å². The molecule has 0 bridgehead atoms. The quantitative estimate of drug-likeness (QED) is 0.460. The number of nitrogens with zero attached hydrogens (tertiary/aromatic N) is 1. The van der Waals surface area contributed by atoms with Crippen molar-refractivity contribution in [3.8, 4) is 0 Å². The molecule has 0 atom stereocenters. The number of hydrogen-bond donors (Lipinski definition) is 2. The summed E-state index contributed by atoms with van der Waals surface area (Å²) in [7, 11) is 1.72. The Labute approximate surface area is 139 Å². The van der Waals surface area contributed by atoms with E-state index in [0.717, 1.165) is 13.0 Å². The number of ether oxygens (including phenoxy) is 1. The molecule has 0 aromatic heterocycles. The van der Waals surface area contributed by atoms with E-state index < -0.39 is 0 Å². The van der Waals surface area contributed by atoms with Crippen LogP contribution in [0.3, 0.4) is 0 Å². The predicted octanol–water partition coefficient (Wildman–Crippen LogP) is 2.35. The predicted molar refractivity (Wildman–Crippen MR) is 94.8 cm³/mol. The third kappa shape index (κ3) is 8.24. The summed E-state index contributed by atoms with van der Waals surface area (Å²) >= 11 is 0. The van der Waals surface area contributed by atoms with Gasteiger partial charge >= 0.3 is 5.97 Å². The summed E-state index contributed by atoms with van der Waals surface area (Å²) in [6.07, 6.45) is 1.19. The Morgan fingerprint density at radius 3 is 2.30 bits per heavy atom. The summed E-state index contributed by atoms with van der Waals surface area (Å²) in [5.74, 6) is 0.505. The minimum Gasteiger partial charge on any atom is -0.463 e. The van der Waals surface area contributed by atoms with Crippen molar-refractivity contribution < 1.29 is 9.53 Å². The van der Waals surface area contributed by atoms with Crippen LogP contribution in [0.1, 0.15) is 37.0 Å². The molecule has 1 rings (SSSR count). The first-order chi connectivity index (χ1) is 10.9. The van der Waals surface area contributed by atoms with Crippen LogP contribution in [0.5, 0.6) is 0 Å². The van der Waals surface area contributed by atoms with Gasteiger partial charge in [-0.1, -0.05) is 29.3 Å². The third-order valence-corrected chi connectivity index (χ3v) is 3.20. The molecule has 0 aliphatic heterocycles. The first-order valence-corrected chi connectivity index (χ1v) is 8.12. The minimum absolute atomic E-state index is 0.0716. The van der Waals surface area contributed by atoms with Gasteiger partial charge in [-0.15, -0.1) is 0 Å². The SMILES string of the molecule is CN=C(NCCC(=O)OC(C)C)NCCc1cc(C)cc(C)c1. The normalized spacial score (nSPS) is 11.5. The largest absolute Gasteiger partial charge is 0.463 e. The van der Waals surface area contributed by atoms with Gasteiger partial charge in [0.2, 0.25) is 0 Å². The lowest BCUT2D eigenvalue weighted by atomic mass is 10.1. The molecule has 0 saturated carbocycles. The monoisotopic (exact) mass is 319 g/mol. The fraction of sp³-hybridized carbons (Fsp3) is 0.556. The number of esters is 1. The summed E-state index contributed by atoms with van der Waals surface area (Å²) in [4.78, 5) is 15.6. The van der Waals surface area contributed by atoms with Crippen LogP contribution in [0.15, 0.2) is 23.2 Å². The summed E-state index contributed by atoms with van der Waals surface area (Å²) in [6.45, 7) is 9.22. The van der Waals surface area contributed by atoms with E-state index in [9.17, 15) is 4.79 Å². The lowest BCUT2D eigenvalue weighted by molar-refractivity contribution is -0.147. The van der Waals surface area contributed by atoms with Gasteiger partial charge in [0, 0.05) is 20.1 Å². The van der Waals surface area contributed by atoms with E-state index in [0.29, 0.717) is 18.9 Å². The molecule has 0 radical (unpaired) electrons. The van der Waals surface area contributed by atoms with E-state index in [2.05, 4.69) is 47.7 Å². The summed E-state index contributed by atoms with van der Waals surface area (Å²) < 4.78 is 5.09. The van der Waals surface area contributed by atoms with E-state index in [1.807, 2.05) is 13.8 Å². The summed E-state index contributed by atoms with van der Waals surface area (Å²) in [6, 6.07) is 6.58. The Morgan fingerprint density at radius 2 is 1.74 bits per heavy atom. The zero-order chi connectivity index (χ0) is 17.2. The lowest BCUT2D eigenvalue weighted by Gasteiger charge is -2.13. The second kappa shape index (κ2) is 9.87. The molecule has 1 aromatic carbocycles. The average molecular weight is 319 g/mol. The zero-order valence-electron chi connectivity index (χ0n) is 14.9. The van der Waals surface area contributed by atoms with Crippen LogP contribution in [-0.4, -0.2) is 38.2 Å². The highest BCUT2D eigenvalue weighted by molar-refractivity contribution is 5.80. The molecular formula is C18H29N3O2. The molecule has 0 saturated heterocycles. The number of hydrogen-bond acceptors (Lipinski definition) is 3. The lowest BCUT2D eigenvalue weighted by Crippen LogP contribution is -2.39. The Balaban J connectivity index is 2.30. The molecule has 1 aromatic rings. The van der Waals surface area contributed by atoms with E-state index >= 15 is 0 Å². The van der Waals surface area contributed by atoms with Crippen molar-refractivity contribution in [1.82, 2.24) is 10.6 Å². The second-order valence-corrected chi connectivity index (χ2v) is 5.96. The first-order valence-electron chi connectivity index (χ1n) is 8.12. The summed E-state index contributed by atoms with van der Waals surface area (Å²) in [5, 5.41) is 6.38. The molecular weight excluding hydrogens is 290 g/mol. The standard InChI is InChI=1S/C18H29N3O2/c1-13(2)23-17(22)7-9-21-18(19-5)20-8-6-16-11-14(3)10-15(4)12-16/h10-13H,6-9H2,1-5H3,(H2,19,20,21). The maximum Gasteiger partial charge on any atom is 0.307 e. The van der Waals surface area contributed by atoms with Gasteiger partial charge in [-0.3, -0.25) is 9.79 Å². The second-order valence-electron chi connectivity index (χ2n) is 5.96. The molecule has 0 fully saturated rings. The number of nitrogens with one attached hydrogen (secondary N) is 2. The van der Waals surface area contributed by atoms with Gasteiger partial charge in [-0.25, -0.2) is 0 Å². The van der Waals surface area contributed by atoms with Crippen molar-refractivity contribution in [3.63, 3.8) is 0 Å². The molecule has 23 heavy (non-hydrogen) atoms. The van der Waals surface area contributed by atoms with Crippen LogP contribution < -0.4 is 10.6 Å². The van der Waals surface area contributed by atoms with Crippen molar-refractivity contribution in [2.45, 2.75) is 46.6 Å². The maximum atomic E-state index is 11.5. The van der Waals surface area contributed by atoms with Crippen molar-refractivity contribution in [1.29, 1.82) is 0 Å². The van der Waals surface area contributed by atoms with Gasteiger partial charge in [0.1, 0.15) is 0 Å². The molecule has 0 amide bonds. The van der Waals surface area contributed by atoms with Gasteiger partial charge in [0.15, 0.2) is 5.96 Å². The zero-order valence-corrected chi connectivity index (χ0v) is 14.9. The molecule has 5 nitrogen and oxygen atoms in total. The molecule has 128 valence electrons. The fourth-order valence-electron chi connectivity index (χ4n) is 2.36. The van der Waals surface area contributed by atoms with Gasteiger partial charge in [-0.2, -0.15) is 0 Å². The highest BCUT2D eigenvalue weighted by atomic mass is 16.5. The molecule has 0 aliphatic rings. The van der Waals surface area contributed by atoms with Crippen molar-refractivity contribution in [3.05, 3.63) is 34.9 Å². The first kappa shape index (κ1) is 19.0. The fourth-order valence-corrected chi connectivity index (χ4v) is 2.36. The van der Waals surface area contributed by atoms with E-state index in [-0.39, 0.29) is 12.1 Å². The van der Waals surface area contributed by atoms with Gasteiger partial charge in [-0.05, 0) is 39.7 Å². The van der Waals surface area contributed by atoms with Gasteiger partial charge in [0.25, 0.3) is 0 Å². The molecule has 0 aliphatic carbocycles. The number of guanidine groups is 1.